The lowest BCUT2D eigenvalue weighted by atomic mass is 10.1. The number of amides is 2. The fourth-order valence-electron chi connectivity index (χ4n) is 2.18. The van der Waals surface area contributed by atoms with E-state index in [9.17, 15) is 14.4 Å². The van der Waals surface area contributed by atoms with Crippen LogP contribution in [0.2, 0.25) is 0 Å². The average Bonchev–Trinajstić information content (AvgIpc) is 2.54. The maximum atomic E-state index is 12.1. The van der Waals surface area contributed by atoms with Gasteiger partial charge in [0.05, 0.1) is 0 Å². The van der Waals surface area contributed by atoms with E-state index in [1.165, 1.54) is 6.20 Å². The van der Waals surface area contributed by atoms with E-state index in [1.807, 2.05) is 0 Å². The normalized spacial score (nSPS) is 19.4. The zero-order chi connectivity index (χ0) is 13.8. The minimum atomic E-state index is -0.389. The molecule has 2 heterocycles. The highest BCUT2D eigenvalue weighted by molar-refractivity contribution is 5.95. The third-order valence-corrected chi connectivity index (χ3v) is 3.27. The number of aryl methyl sites for hydroxylation is 1. The summed E-state index contributed by atoms with van der Waals surface area (Å²) in [5, 5.41) is 5.58. The van der Waals surface area contributed by atoms with Gasteiger partial charge < -0.3 is 15.6 Å². The van der Waals surface area contributed by atoms with E-state index in [0.29, 0.717) is 31.4 Å². The molecule has 1 saturated heterocycles. The highest BCUT2D eigenvalue weighted by atomic mass is 16.2. The molecule has 19 heavy (non-hydrogen) atoms. The monoisotopic (exact) mass is 263 g/mol. The Morgan fingerprint density at radius 1 is 1.37 bits per heavy atom. The van der Waals surface area contributed by atoms with Gasteiger partial charge in [-0.05, 0) is 31.4 Å². The van der Waals surface area contributed by atoms with Crippen molar-refractivity contribution >= 4 is 11.8 Å². The van der Waals surface area contributed by atoms with Crippen LogP contribution in [-0.4, -0.2) is 29.4 Å². The summed E-state index contributed by atoms with van der Waals surface area (Å²) < 4.78 is 0. The summed E-state index contributed by atoms with van der Waals surface area (Å²) in [5.41, 5.74) is 0.399. The molecule has 2 amide bonds. The zero-order valence-corrected chi connectivity index (χ0v) is 10.8. The van der Waals surface area contributed by atoms with Crippen LogP contribution in [0.25, 0.3) is 0 Å². The first-order valence-electron chi connectivity index (χ1n) is 6.34. The average molecular weight is 263 g/mol. The lowest BCUT2D eigenvalue weighted by Crippen LogP contribution is -2.38. The van der Waals surface area contributed by atoms with E-state index in [0.717, 1.165) is 0 Å². The van der Waals surface area contributed by atoms with Gasteiger partial charge in [0.25, 0.3) is 11.5 Å². The molecule has 0 saturated carbocycles. The molecule has 0 spiro atoms. The topological polar surface area (TPSA) is 91.1 Å². The van der Waals surface area contributed by atoms with Crippen LogP contribution in [0, 0.1) is 6.92 Å². The van der Waals surface area contributed by atoms with Gasteiger partial charge in [-0.15, -0.1) is 0 Å². The summed E-state index contributed by atoms with van der Waals surface area (Å²) in [6.07, 6.45) is 3.19. The van der Waals surface area contributed by atoms with Crippen LogP contribution in [0.15, 0.2) is 17.1 Å². The van der Waals surface area contributed by atoms with Crippen LogP contribution < -0.4 is 16.2 Å². The molecule has 102 valence electrons. The standard InChI is InChI=1S/C13H17N3O3/c1-8-4-6-15-12(18)11(8)13(19)16-9-2-3-10(17)14-7-5-9/h4,6,9H,2-3,5,7H2,1H3,(H,14,17)(H,15,18)(H,16,19). The minimum Gasteiger partial charge on any atom is -0.356 e. The SMILES string of the molecule is Cc1cc[nH]c(=O)c1C(=O)NC1CCNC(=O)CC1. The summed E-state index contributed by atoms with van der Waals surface area (Å²) in [5.74, 6) is -0.371. The molecule has 1 aliphatic rings. The molecule has 3 N–H and O–H groups in total. The van der Waals surface area contributed by atoms with Crippen LogP contribution >= 0.6 is 0 Å². The lowest BCUT2D eigenvalue weighted by Gasteiger charge is -2.15. The van der Waals surface area contributed by atoms with Gasteiger partial charge in [0.15, 0.2) is 0 Å². The van der Waals surface area contributed by atoms with Crippen LogP contribution in [-0.2, 0) is 4.79 Å². The summed E-state index contributed by atoms with van der Waals surface area (Å²) in [4.78, 5) is 37.5. The van der Waals surface area contributed by atoms with E-state index in [2.05, 4.69) is 15.6 Å². The van der Waals surface area contributed by atoms with Gasteiger partial charge in [-0.3, -0.25) is 14.4 Å². The number of aromatic amines is 1. The first-order valence-corrected chi connectivity index (χ1v) is 6.34. The lowest BCUT2D eigenvalue weighted by molar-refractivity contribution is -0.120. The van der Waals surface area contributed by atoms with E-state index in [-0.39, 0.29) is 29.0 Å². The Labute approximate surface area is 110 Å². The van der Waals surface area contributed by atoms with Crippen molar-refractivity contribution in [3.8, 4) is 0 Å². The van der Waals surface area contributed by atoms with Crippen LogP contribution in [0.4, 0.5) is 0 Å². The number of pyridine rings is 1. The second-order valence-electron chi connectivity index (χ2n) is 4.71. The number of hydrogen-bond donors (Lipinski definition) is 3. The molecule has 1 aromatic rings. The van der Waals surface area contributed by atoms with Crippen molar-refractivity contribution in [3.05, 3.63) is 33.7 Å². The number of H-pyrrole nitrogens is 1. The van der Waals surface area contributed by atoms with Crippen molar-refractivity contribution in [2.45, 2.75) is 32.2 Å². The smallest absolute Gasteiger partial charge is 0.261 e. The van der Waals surface area contributed by atoms with Gasteiger partial charge in [-0.2, -0.15) is 0 Å². The van der Waals surface area contributed by atoms with Gasteiger partial charge >= 0.3 is 0 Å². The van der Waals surface area contributed by atoms with E-state index in [4.69, 9.17) is 0 Å². The molecule has 6 heteroatoms. The zero-order valence-electron chi connectivity index (χ0n) is 10.8. The van der Waals surface area contributed by atoms with Gasteiger partial charge in [-0.25, -0.2) is 0 Å². The molecule has 6 nitrogen and oxygen atoms in total. The third-order valence-electron chi connectivity index (χ3n) is 3.27. The second kappa shape index (κ2) is 5.69. The molecule has 0 radical (unpaired) electrons. The van der Waals surface area contributed by atoms with Gasteiger partial charge in [0.1, 0.15) is 5.56 Å². The first-order chi connectivity index (χ1) is 9.08. The van der Waals surface area contributed by atoms with Crippen LogP contribution in [0.1, 0.15) is 35.2 Å². The Hall–Kier alpha value is -2.11. The molecular weight excluding hydrogens is 246 g/mol. The molecule has 0 bridgehead atoms. The van der Waals surface area contributed by atoms with E-state index >= 15 is 0 Å². The summed E-state index contributed by atoms with van der Waals surface area (Å²) in [6, 6.07) is 1.61. The van der Waals surface area contributed by atoms with Crippen molar-refractivity contribution in [1.29, 1.82) is 0 Å². The Morgan fingerprint density at radius 2 is 2.16 bits per heavy atom. The van der Waals surface area contributed by atoms with Gasteiger partial charge in [0.2, 0.25) is 5.91 Å². The van der Waals surface area contributed by atoms with Crippen molar-refractivity contribution in [2.75, 3.05) is 6.54 Å². The maximum Gasteiger partial charge on any atom is 0.261 e. The second-order valence-corrected chi connectivity index (χ2v) is 4.71. The molecular formula is C13H17N3O3. The van der Waals surface area contributed by atoms with Crippen molar-refractivity contribution in [2.24, 2.45) is 0 Å². The summed E-state index contributed by atoms with van der Waals surface area (Å²) >= 11 is 0. The number of aromatic nitrogens is 1. The van der Waals surface area contributed by atoms with Crippen LogP contribution in [0.5, 0.6) is 0 Å². The maximum absolute atomic E-state index is 12.1. The largest absolute Gasteiger partial charge is 0.356 e. The van der Waals surface area contributed by atoms with Gasteiger partial charge in [0, 0.05) is 25.2 Å². The van der Waals surface area contributed by atoms with Crippen molar-refractivity contribution in [3.63, 3.8) is 0 Å². The molecule has 1 atom stereocenters. The Kier molecular flexibility index (Phi) is 3.99. The Bertz CT molecular complexity index is 550. The minimum absolute atomic E-state index is 0.00508. The van der Waals surface area contributed by atoms with Crippen LogP contribution in [0.3, 0.4) is 0 Å². The first kappa shape index (κ1) is 13.3. The van der Waals surface area contributed by atoms with E-state index in [1.54, 1.807) is 13.0 Å². The molecule has 0 aromatic carbocycles. The molecule has 1 unspecified atom stereocenters. The van der Waals surface area contributed by atoms with E-state index < -0.39 is 0 Å². The number of carbonyl (C=O) groups excluding carboxylic acids is 2. The predicted octanol–water partition coefficient (Wildman–Crippen LogP) is 0.0818. The highest BCUT2D eigenvalue weighted by Gasteiger charge is 2.20. The van der Waals surface area contributed by atoms with Gasteiger partial charge in [-0.1, -0.05) is 0 Å². The third kappa shape index (κ3) is 3.21. The number of rotatable bonds is 2. The quantitative estimate of drug-likeness (QED) is 0.705. The summed E-state index contributed by atoms with van der Waals surface area (Å²) in [6.45, 7) is 2.27. The Morgan fingerprint density at radius 3 is 2.89 bits per heavy atom. The summed E-state index contributed by atoms with van der Waals surface area (Å²) in [7, 11) is 0. The fraction of sp³-hybridized carbons (Fsp3) is 0.462. The molecule has 1 aromatic heterocycles. The fourth-order valence-corrected chi connectivity index (χ4v) is 2.18. The molecule has 2 rings (SSSR count). The number of hydrogen-bond acceptors (Lipinski definition) is 3. The number of nitrogens with one attached hydrogen (secondary N) is 3. The molecule has 1 fully saturated rings. The molecule has 1 aliphatic heterocycles. The van der Waals surface area contributed by atoms with Crippen molar-refractivity contribution < 1.29 is 9.59 Å². The Balaban J connectivity index is 2.09. The number of carbonyl (C=O) groups is 2. The molecule has 0 aliphatic carbocycles. The van der Waals surface area contributed by atoms with Crippen molar-refractivity contribution in [1.82, 2.24) is 15.6 Å². The predicted molar refractivity (Wildman–Crippen MR) is 69.9 cm³/mol. The highest BCUT2D eigenvalue weighted by Crippen LogP contribution is 2.08.